The average molecular weight is 715 g/mol. The Morgan fingerprint density at radius 3 is 0.489 bits per heavy atom. The van der Waals surface area contributed by atoms with Crippen molar-refractivity contribution < 1.29 is 20.4 Å². The minimum atomic E-state index is -0.446. The maximum absolute atomic E-state index is 6.75. The molecule has 224 valence electrons. The van der Waals surface area contributed by atoms with E-state index in [1.54, 1.807) is 0 Å². The summed E-state index contributed by atoms with van der Waals surface area (Å²) in [6, 6.07) is 64.7. The van der Waals surface area contributed by atoms with Crippen LogP contribution in [0.3, 0.4) is 0 Å². The molecule has 6 aromatic rings. The van der Waals surface area contributed by atoms with Gasteiger partial charge in [-0.25, -0.2) is 0 Å². The molecule has 9 heteroatoms. The normalized spacial score (nSPS) is 9.29. The molecule has 0 bridgehead atoms. The predicted octanol–water partition coefficient (Wildman–Crippen LogP) is 8.62. The third-order valence-corrected chi connectivity index (χ3v) is 11.0. The Morgan fingerprint density at radius 2 is 0.378 bits per heavy atom. The quantitative estimate of drug-likeness (QED) is 0.0540. The van der Waals surface area contributed by atoms with Gasteiger partial charge in [-0.15, -0.1) is 0 Å². The second-order valence-electron chi connectivity index (χ2n) is 8.86. The van der Waals surface area contributed by atoms with Crippen LogP contribution in [0.2, 0.25) is 0 Å². The molecule has 0 saturated heterocycles. The monoisotopic (exact) mass is 714 g/mol. The first-order valence-corrected chi connectivity index (χ1v) is 16.3. The molecule has 6 aromatic carbocycles. The van der Waals surface area contributed by atoms with E-state index in [9.17, 15) is 0 Å². The minimum absolute atomic E-state index is 0. The first-order valence-electron chi connectivity index (χ1n) is 13.6. The topological polar surface area (TPSA) is 117 Å². The van der Waals surface area contributed by atoms with Gasteiger partial charge in [-0.3, -0.25) is 9.82 Å². The summed E-state index contributed by atoms with van der Waals surface area (Å²) in [5, 5.41) is 8.39. The van der Waals surface area contributed by atoms with E-state index < -0.39 is 15.8 Å². The average Bonchev–Trinajstić information content (AvgIpc) is 3.09. The molecule has 45 heavy (non-hydrogen) atoms. The molecule has 0 aliphatic heterocycles. The van der Waals surface area contributed by atoms with E-state index in [4.69, 9.17) is 22.1 Å². The molecule has 0 heterocycles. The molecule has 0 saturated carbocycles. The standard InChI is InChI=1S/2C18H15P.2N3.Pd/c2*1-4-10-16(11-5-1)19(17-12-6-2-7-13-17)18-14-8-3-9-15-18;2*1-3-2;/h2*1-15H;;;/q;;2*-1;+2. The van der Waals surface area contributed by atoms with Gasteiger partial charge in [0, 0.05) is 0 Å². The fraction of sp³-hybridized carbons (Fsp3) is 0. The Bertz CT molecular complexity index is 1370. The van der Waals surface area contributed by atoms with Gasteiger partial charge in [0.05, 0.1) is 0 Å². The summed E-state index contributed by atoms with van der Waals surface area (Å²) >= 11 is 0. The van der Waals surface area contributed by atoms with E-state index >= 15 is 0 Å². The van der Waals surface area contributed by atoms with Gasteiger partial charge in [0.2, 0.25) is 0 Å². The van der Waals surface area contributed by atoms with Crippen LogP contribution in [0.5, 0.6) is 0 Å². The third-order valence-electron chi connectivity index (χ3n) is 6.09. The Labute approximate surface area is 280 Å². The van der Waals surface area contributed by atoms with Crippen molar-refractivity contribution in [2.45, 2.75) is 0 Å². The Balaban J connectivity index is 0.000000262. The third kappa shape index (κ3) is 12.2. The van der Waals surface area contributed by atoms with Crippen molar-refractivity contribution in [2.24, 2.45) is 0 Å². The number of nitrogens with zero attached hydrogens (tertiary/aromatic N) is 6. The van der Waals surface area contributed by atoms with Gasteiger partial charge >= 0.3 is 20.4 Å². The summed E-state index contributed by atoms with van der Waals surface area (Å²) in [6.07, 6.45) is 0. The largest absolute Gasteiger partial charge is 2.00 e. The molecule has 0 amide bonds. The summed E-state index contributed by atoms with van der Waals surface area (Å²) < 4.78 is 0. The second kappa shape index (κ2) is 22.0. The Hall–Kier alpha value is -4.54. The number of hydrogen-bond donors (Lipinski definition) is 0. The maximum atomic E-state index is 6.75. The SMILES string of the molecule is [N-]=[N+]=[N-].[N-]=[N+]=[N-].[Pd+2].c1ccc(P(c2ccccc2)c2ccccc2)cc1.c1ccc(P(c2ccccc2)c2ccccc2)cc1. The van der Waals surface area contributed by atoms with Crippen molar-refractivity contribution in [1.29, 1.82) is 0 Å². The van der Waals surface area contributed by atoms with Crippen molar-refractivity contribution in [3.05, 3.63) is 214 Å². The Kier molecular flexibility index (Phi) is 18.0. The van der Waals surface area contributed by atoms with E-state index in [0.29, 0.717) is 0 Å². The van der Waals surface area contributed by atoms with Crippen molar-refractivity contribution in [3.8, 4) is 0 Å². The van der Waals surface area contributed by atoms with Crippen LogP contribution in [0, 0.1) is 0 Å². The van der Waals surface area contributed by atoms with E-state index in [-0.39, 0.29) is 20.4 Å². The molecule has 0 fully saturated rings. The van der Waals surface area contributed by atoms with Gasteiger partial charge in [0.15, 0.2) is 0 Å². The maximum Gasteiger partial charge on any atom is 2.00 e. The van der Waals surface area contributed by atoms with Gasteiger partial charge in [0.1, 0.15) is 0 Å². The van der Waals surface area contributed by atoms with Crippen LogP contribution >= 0.6 is 15.8 Å². The molecule has 0 aliphatic carbocycles. The van der Waals surface area contributed by atoms with Crippen molar-refractivity contribution in [2.75, 3.05) is 0 Å². The van der Waals surface area contributed by atoms with E-state index in [1.807, 2.05) is 0 Å². The first-order chi connectivity index (χ1) is 21.7. The molecule has 6 nitrogen and oxygen atoms in total. The van der Waals surface area contributed by atoms with Gasteiger partial charge < -0.3 is 22.1 Å². The summed E-state index contributed by atoms with van der Waals surface area (Å²) in [5.74, 6) is 0. The molecule has 6 rings (SSSR count). The van der Waals surface area contributed by atoms with Crippen LogP contribution in [0.1, 0.15) is 0 Å². The van der Waals surface area contributed by atoms with E-state index in [2.05, 4.69) is 182 Å². The minimum Gasteiger partial charge on any atom is -0.373 e. The molecule has 0 aliphatic rings. The number of hydrogen-bond acceptors (Lipinski definition) is 0. The van der Waals surface area contributed by atoms with Crippen LogP contribution in [-0.4, -0.2) is 0 Å². The first kappa shape index (κ1) is 36.7. The summed E-state index contributed by atoms with van der Waals surface area (Å²) in [4.78, 5) is 3.00. The Morgan fingerprint density at radius 1 is 0.267 bits per heavy atom. The van der Waals surface area contributed by atoms with Crippen molar-refractivity contribution in [3.63, 3.8) is 0 Å². The second-order valence-corrected chi connectivity index (χ2v) is 13.3. The zero-order chi connectivity index (χ0) is 31.2. The summed E-state index contributed by atoms with van der Waals surface area (Å²) in [6.45, 7) is 0. The fourth-order valence-electron chi connectivity index (χ4n) is 4.36. The van der Waals surface area contributed by atoms with E-state index in [1.165, 1.54) is 41.7 Å². The molecule has 0 unspecified atom stereocenters. The molecule has 0 N–H and O–H groups in total. The van der Waals surface area contributed by atoms with Crippen molar-refractivity contribution >= 4 is 47.7 Å². The van der Waals surface area contributed by atoms with Crippen LogP contribution in [0.15, 0.2) is 182 Å². The molecule has 0 aromatic heterocycles. The van der Waals surface area contributed by atoms with Gasteiger partial charge in [0.25, 0.3) is 0 Å². The summed E-state index contributed by atoms with van der Waals surface area (Å²) in [5.41, 5.74) is 27.0. The number of rotatable bonds is 6. The van der Waals surface area contributed by atoms with Crippen molar-refractivity contribution in [1.82, 2.24) is 0 Å². The predicted molar refractivity (Wildman–Crippen MR) is 190 cm³/mol. The fourth-order valence-corrected chi connectivity index (χ4v) is 8.97. The zero-order valence-corrected chi connectivity index (χ0v) is 27.6. The molecule has 0 spiro atoms. The van der Waals surface area contributed by atoms with E-state index in [0.717, 1.165) is 0 Å². The van der Waals surface area contributed by atoms with Gasteiger partial charge in [-0.1, -0.05) is 182 Å². The number of benzene rings is 6. The zero-order valence-electron chi connectivity index (χ0n) is 24.2. The van der Waals surface area contributed by atoms with Crippen LogP contribution < -0.4 is 31.8 Å². The molecular weight excluding hydrogens is 685 g/mol. The van der Waals surface area contributed by atoms with Gasteiger partial charge in [-0.2, -0.15) is 0 Å². The van der Waals surface area contributed by atoms with Crippen LogP contribution in [-0.2, 0) is 20.4 Å². The van der Waals surface area contributed by atoms with Gasteiger partial charge in [-0.05, 0) is 47.7 Å². The molecule has 0 radical (unpaired) electrons. The smallest absolute Gasteiger partial charge is 0.373 e. The van der Waals surface area contributed by atoms with Crippen LogP contribution in [0.4, 0.5) is 0 Å². The molecule has 0 atom stereocenters. The summed E-state index contributed by atoms with van der Waals surface area (Å²) in [7, 11) is -0.892. The molecular formula is C36H30N6P2Pd. The van der Waals surface area contributed by atoms with Crippen LogP contribution in [0.25, 0.3) is 31.9 Å².